The number of nitrogens with zero attached hydrogens (tertiary/aromatic N) is 1. The Morgan fingerprint density at radius 1 is 1.39 bits per heavy atom. The van der Waals surface area contributed by atoms with Gasteiger partial charge in [0.05, 0.1) is 5.56 Å². The van der Waals surface area contributed by atoms with E-state index < -0.39 is 5.97 Å². The monoisotopic (exact) mass is 313 g/mol. The molecule has 0 aromatic heterocycles. The summed E-state index contributed by atoms with van der Waals surface area (Å²) in [5.41, 5.74) is 1.47. The van der Waals surface area contributed by atoms with E-state index in [4.69, 9.17) is 5.11 Å². The first-order chi connectivity index (χ1) is 8.45. The normalized spacial score (nSPS) is 10.2. The van der Waals surface area contributed by atoms with E-state index in [2.05, 4.69) is 15.9 Å². The van der Waals surface area contributed by atoms with Crippen molar-refractivity contribution in [3.8, 4) is 0 Å². The Morgan fingerprint density at radius 3 is 2.61 bits per heavy atom. The number of carbonyl (C=O) groups is 2. The van der Waals surface area contributed by atoms with Gasteiger partial charge in [-0.1, -0.05) is 18.6 Å². The number of hydrogen-bond donors (Lipinski definition) is 1. The fourth-order valence-corrected chi connectivity index (χ4v) is 2.08. The van der Waals surface area contributed by atoms with Crippen LogP contribution in [-0.2, 0) is 4.79 Å². The van der Waals surface area contributed by atoms with E-state index in [0.717, 1.165) is 12.0 Å². The second-order valence-electron chi connectivity index (χ2n) is 4.10. The molecule has 5 heteroatoms. The molecule has 0 fully saturated rings. The molecule has 0 unspecified atom stereocenters. The minimum Gasteiger partial charge on any atom is -0.480 e. The molecule has 0 aliphatic heterocycles. The highest BCUT2D eigenvalue weighted by molar-refractivity contribution is 9.10. The summed E-state index contributed by atoms with van der Waals surface area (Å²) < 4.78 is 0.685. The van der Waals surface area contributed by atoms with Gasteiger partial charge < -0.3 is 10.0 Å². The SMILES string of the molecule is CCCN(CC(=O)O)C(=O)c1cc(C)ccc1Br. The molecular formula is C13H16BrNO3. The van der Waals surface area contributed by atoms with Crippen molar-refractivity contribution in [3.05, 3.63) is 33.8 Å². The number of amides is 1. The summed E-state index contributed by atoms with van der Waals surface area (Å²) in [6.07, 6.45) is 0.725. The Hall–Kier alpha value is -1.36. The summed E-state index contributed by atoms with van der Waals surface area (Å²) in [6, 6.07) is 5.45. The van der Waals surface area contributed by atoms with Crippen LogP contribution in [0.25, 0.3) is 0 Å². The van der Waals surface area contributed by atoms with Gasteiger partial charge in [-0.05, 0) is 41.4 Å². The second kappa shape index (κ2) is 6.54. The van der Waals surface area contributed by atoms with Crippen molar-refractivity contribution in [2.24, 2.45) is 0 Å². The van der Waals surface area contributed by atoms with E-state index in [-0.39, 0.29) is 12.5 Å². The van der Waals surface area contributed by atoms with E-state index in [9.17, 15) is 9.59 Å². The van der Waals surface area contributed by atoms with Crippen molar-refractivity contribution in [1.29, 1.82) is 0 Å². The van der Waals surface area contributed by atoms with Gasteiger partial charge >= 0.3 is 5.97 Å². The number of carboxylic acid groups (broad SMARTS) is 1. The average molecular weight is 314 g/mol. The summed E-state index contributed by atoms with van der Waals surface area (Å²) in [5, 5.41) is 8.82. The lowest BCUT2D eigenvalue weighted by Gasteiger charge is -2.20. The smallest absolute Gasteiger partial charge is 0.323 e. The van der Waals surface area contributed by atoms with Crippen molar-refractivity contribution in [1.82, 2.24) is 4.90 Å². The van der Waals surface area contributed by atoms with Crippen LogP contribution in [0.2, 0.25) is 0 Å². The Labute approximate surface area is 115 Å². The zero-order valence-corrected chi connectivity index (χ0v) is 12.0. The molecule has 0 saturated carbocycles. The number of carbonyl (C=O) groups excluding carboxylic acids is 1. The van der Waals surface area contributed by atoms with Crippen LogP contribution in [0.5, 0.6) is 0 Å². The molecule has 1 aromatic rings. The highest BCUT2D eigenvalue weighted by Crippen LogP contribution is 2.20. The highest BCUT2D eigenvalue weighted by atomic mass is 79.9. The van der Waals surface area contributed by atoms with Gasteiger partial charge in [-0.3, -0.25) is 9.59 Å². The summed E-state index contributed by atoms with van der Waals surface area (Å²) >= 11 is 3.32. The van der Waals surface area contributed by atoms with E-state index in [1.807, 2.05) is 19.9 Å². The minimum atomic E-state index is -0.999. The number of rotatable bonds is 5. The molecule has 4 nitrogen and oxygen atoms in total. The predicted molar refractivity (Wildman–Crippen MR) is 72.7 cm³/mol. The summed E-state index contributed by atoms with van der Waals surface area (Å²) in [5.74, 6) is -1.25. The molecule has 0 saturated heterocycles. The van der Waals surface area contributed by atoms with Crippen LogP contribution in [0.4, 0.5) is 0 Å². The van der Waals surface area contributed by atoms with Crippen LogP contribution >= 0.6 is 15.9 Å². The summed E-state index contributed by atoms with van der Waals surface area (Å²) in [6.45, 7) is 3.97. The molecule has 18 heavy (non-hydrogen) atoms. The van der Waals surface area contributed by atoms with Crippen molar-refractivity contribution in [2.75, 3.05) is 13.1 Å². The standard InChI is InChI=1S/C13H16BrNO3/c1-3-6-15(8-12(16)17)13(18)10-7-9(2)4-5-11(10)14/h4-5,7H,3,6,8H2,1-2H3,(H,16,17). The molecule has 98 valence electrons. The van der Waals surface area contributed by atoms with Gasteiger partial charge in [0.15, 0.2) is 0 Å². The Kier molecular flexibility index (Phi) is 5.34. The quantitative estimate of drug-likeness (QED) is 0.909. The van der Waals surface area contributed by atoms with E-state index in [0.29, 0.717) is 16.6 Å². The van der Waals surface area contributed by atoms with Gasteiger partial charge in [0.1, 0.15) is 6.54 Å². The topological polar surface area (TPSA) is 57.6 Å². The number of benzene rings is 1. The first-order valence-corrected chi connectivity index (χ1v) is 6.52. The lowest BCUT2D eigenvalue weighted by molar-refractivity contribution is -0.137. The van der Waals surface area contributed by atoms with Crippen LogP contribution in [0.1, 0.15) is 29.3 Å². The first kappa shape index (κ1) is 14.7. The molecule has 0 spiro atoms. The minimum absolute atomic E-state index is 0.255. The van der Waals surface area contributed by atoms with Crippen LogP contribution in [0.15, 0.2) is 22.7 Å². The largest absolute Gasteiger partial charge is 0.480 e. The molecule has 0 aliphatic carbocycles. The average Bonchev–Trinajstić information content (AvgIpc) is 2.30. The highest BCUT2D eigenvalue weighted by Gasteiger charge is 2.19. The third kappa shape index (κ3) is 3.84. The second-order valence-corrected chi connectivity index (χ2v) is 4.96. The van der Waals surface area contributed by atoms with Crippen molar-refractivity contribution < 1.29 is 14.7 Å². The van der Waals surface area contributed by atoms with Gasteiger partial charge in [0.2, 0.25) is 0 Å². The first-order valence-electron chi connectivity index (χ1n) is 5.73. The van der Waals surface area contributed by atoms with Crippen molar-refractivity contribution >= 4 is 27.8 Å². The number of aryl methyl sites for hydroxylation is 1. The summed E-state index contributed by atoms with van der Waals surface area (Å²) in [7, 11) is 0. The van der Waals surface area contributed by atoms with E-state index in [1.165, 1.54) is 4.90 Å². The molecule has 0 atom stereocenters. The summed E-state index contributed by atoms with van der Waals surface area (Å²) in [4.78, 5) is 24.4. The van der Waals surface area contributed by atoms with Crippen molar-refractivity contribution in [3.63, 3.8) is 0 Å². The van der Waals surface area contributed by atoms with Crippen LogP contribution in [0.3, 0.4) is 0 Å². The third-order valence-corrected chi connectivity index (χ3v) is 3.15. The molecule has 1 N–H and O–H groups in total. The molecule has 1 amide bonds. The maximum atomic E-state index is 12.3. The molecule has 0 aliphatic rings. The number of hydrogen-bond acceptors (Lipinski definition) is 2. The predicted octanol–water partition coefficient (Wildman–Crippen LogP) is 2.69. The lowest BCUT2D eigenvalue weighted by atomic mass is 10.1. The molecular weight excluding hydrogens is 298 g/mol. The Balaban J connectivity index is 3.01. The zero-order chi connectivity index (χ0) is 13.7. The molecule has 1 aromatic carbocycles. The maximum absolute atomic E-state index is 12.3. The van der Waals surface area contributed by atoms with Crippen molar-refractivity contribution in [2.45, 2.75) is 20.3 Å². The molecule has 0 bridgehead atoms. The molecule has 1 rings (SSSR count). The Morgan fingerprint density at radius 2 is 2.06 bits per heavy atom. The third-order valence-electron chi connectivity index (χ3n) is 2.46. The van der Waals surface area contributed by atoms with Crippen LogP contribution < -0.4 is 0 Å². The van der Waals surface area contributed by atoms with Crippen LogP contribution in [-0.4, -0.2) is 35.0 Å². The maximum Gasteiger partial charge on any atom is 0.323 e. The van der Waals surface area contributed by atoms with E-state index in [1.54, 1.807) is 12.1 Å². The number of carboxylic acids is 1. The van der Waals surface area contributed by atoms with Gasteiger partial charge in [-0.25, -0.2) is 0 Å². The Bertz CT molecular complexity index is 460. The lowest BCUT2D eigenvalue weighted by Crippen LogP contribution is -2.36. The fourth-order valence-electron chi connectivity index (χ4n) is 1.66. The zero-order valence-electron chi connectivity index (χ0n) is 10.4. The van der Waals surface area contributed by atoms with E-state index >= 15 is 0 Å². The van der Waals surface area contributed by atoms with Gasteiger partial charge in [0, 0.05) is 11.0 Å². The van der Waals surface area contributed by atoms with Gasteiger partial charge in [-0.2, -0.15) is 0 Å². The van der Waals surface area contributed by atoms with Gasteiger partial charge in [-0.15, -0.1) is 0 Å². The fraction of sp³-hybridized carbons (Fsp3) is 0.385. The number of halogens is 1. The molecule has 0 heterocycles. The van der Waals surface area contributed by atoms with Gasteiger partial charge in [0.25, 0.3) is 5.91 Å². The molecule has 0 radical (unpaired) electrons. The van der Waals surface area contributed by atoms with Crippen LogP contribution in [0, 0.1) is 6.92 Å². The number of aliphatic carboxylic acids is 1.